The number of nitrogens with zero attached hydrogens (tertiary/aromatic N) is 5. The van der Waals surface area contributed by atoms with Crippen LogP contribution in [0.15, 0.2) is 30.3 Å². The molecule has 0 atom stereocenters. The molecule has 0 saturated heterocycles. The zero-order valence-corrected chi connectivity index (χ0v) is 12.3. The summed E-state index contributed by atoms with van der Waals surface area (Å²) in [7, 11) is 1.65. The van der Waals surface area contributed by atoms with E-state index >= 15 is 0 Å². The quantitative estimate of drug-likeness (QED) is 0.569. The van der Waals surface area contributed by atoms with Crippen LogP contribution in [0, 0.1) is 6.92 Å². The Balaban J connectivity index is 1.93. The van der Waals surface area contributed by atoms with E-state index in [1.165, 1.54) is 11.3 Å². The van der Waals surface area contributed by atoms with Crippen LogP contribution < -0.4 is 4.74 Å². The van der Waals surface area contributed by atoms with Gasteiger partial charge < -0.3 is 4.74 Å². The molecular weight excluding hydrogens is 286 g/mol. The van der Waals surface area contributed by atoms with Crippen LogP contribution >= 0.6 is 11.3 Å². The van der Waals surface area contributed by atoms with Gasteiger partial charge in [0.15, 0.2) is 10.8 Å². The van der Waals surface area contributed by atoms with Gasteiger partial charge in [-0.05, 0) is 19.1 Å². The van der Waals surface area contributed by atoms with Crippen molar-refractivity contribution in [2.75, 3.05) is 7.11 Å². The normalized spacial score (nSPS) is 11.3. The average Bonchev–Trinajstić information content (AvgIpc) is 3.08. The molecule has 3 aromatic heterocycles. The van der Waals surface area contributed by atoms with Gasteiger partial charge >= 0.3 is 0 Å². The Morgan fingerprint density at radius 2 is 2.05 bits per heavy atom. The van der Waals surface area contributed by atoms with Gasteiger partial charge in [0.1, 0.15) is 17.0 Å². The lowest BCUT2D eigenvalue weighted by molar-refractivity contribution is 0.419. The van der Waals surface area contributed by atoms with E-state index in [1.54, 1.807) is 11.6 Å². The highest BCUT2D eigenvalue weighted by atomic mass is 32.1. The van der Waals surface area contributed by atoms with Crippen LogP contribution in [0.4, 0.5) is 0 Å². The van der Waals surface area contributed by atoms with Crippen molar-refractivity contribution in [3.05, 3.63) is 36.2 Å². The van der Waals surface area contributed by atoms with Crippen LogP contribution in [0.2, 0.25) is 0 Å². The molecule has 1 aromatic carbocycles. The highest BCUT2D eigenvalue weighted by Gasteiger charge is 2.12. The van der Waals surface area contributed by atoms with Gasteiger partial charge in [-0.3, -0.25) is 0 Å². The van der Waals surface area contributed by atoms with E-state index in [0.717, 1.165) is 38.1 Å². The first-order valence-corrected chi connectivity index (χ1v) is 7.21. The van der Waals surface area contributed by atoms with Gasteiger partial charge in [-0.25, -0.2) is 4.98 Å². The van der Waals surface area contributed by atoms with Gasteiger partial charge in [-0.2, -0.15) is 9.61 Å². The average molecular weight is 297 g/mol. The topological polar surface area (TPSA) is 65.2 Å². The lowest BCUT2D eigenvalue weighted by Crippen LogP contribution is -1.92. The maximum Gasteiger partial charge on any atom is 0.235 e. The predicted octanol–water partition coefficient (Wildman–Crippen LogP) is 2.72. The van der Waals surface area contributed by atoms with Gasteiger partial charge in [0.2, 0.25) is 4.96 Å². The van der Waals surface area contributed by atoms with Gasteiger partial charge in [0.25, 0.3) is 0 Å². The van der Waals surface area contributed by atoms with Gasteiger partial charge in [-0.15, -0.1) is 10.2 Å². The molecular formula is C14H11N5OS. The van der Waals surface area contributed by atoms with E-state index in [9.17, 15) is 0 Å². The summed E-state index contributed by atoms with van der Waals surface area (Å²) in [5.41, 5.74) is 1.64. The lowest BCUT2D eigenvalue weighted by atomic mass is 10.2. The Kier molecular flexibility index (Phi) is 2.61. The highest BCUT2D eigenvalue weighted by Crippen LogP contribution is 2.29. The zero-order valence-electron chi connectivity index (χ0n) is 11.4. The molecule has 0 radical (unpaired) electrons. The first kappa shape index (κ1) is 12.2. The number of aromatic nitrogens is 5. The fourth-order valence-electron chi connectivity index (χ4n) is 2.22. The summed E-state index contributed by atoms with van der Waals surface area (Å²) in [6, 6.07) is 9.85. The SMILES string of the molecule is COc1cccc2ccc(-c3nn4c(C)nnc4s3)nc12. The summed E-state index contributed by atoms with van der Waals surface area (Å²) in [5, 5.41) is 14.4. The third kappa shape index (κ3) is 1.85. The zero-order chi connectivity index (χ0) is 14.4. The van der Waals surface area contributed by atoms with Crippen molar-refractivity contribution >= 4 is 27.2 Å². The minimum Gasteiger partial charge on any atom is -0.494 e. The second kappa shape index (κ2) is 4.49. The predicted molar refractivity (Wildman–Crippen MR) is 80.7 cm³/mol. The Bertz CT molecular complexity index is 958. The molecule has 4 rings (SSSR count). The third-order valence-electron chi connectivity index (χ3n) is 3.27. The van der Waals surface area contributed by atoms with E-state index in [1.807, 2.05) is 37.3 Å². The van der Waals surface area contributed by atoms with Crippen molar-refractivity contribution in [3.8, 4) is 16.5 Å². The van der Waals surface area contributed by atoms with Crippen LogP contribution in [-0.2, 0) is 0 Å². The minimum absolute atomic E-state index is 0.758. The molecule has 6 nitrogen and oxygen atoms in total. The summed E-state index contributed by atoms with van der Waals surface area (Å²) in [5.74, 6) is 1.53. The van der Waals surface area contributed by atoms with Gasteiger partial charge in [0, 0.05) is 5.39 Å². The number of rotatable bonds is 2. The molecule has 0 aliphatic heterocycles. The number of para-hydroxylation sites is 1. The summed E-state index contributed by atoms with van der Waals surface area (Å²) in [4.78, 5) is 5.45. The molecule has 0 aliphatic carbocycles. The van der Waals surface area contributed by atoms with Crippen molar-refractivity contribution in [2.45, 2.75) is 6.92 Å². The molecule has 0 N–H and O–H groups in total. The second-order valence-corrected chi connectivity index (χ2v) is 5.53. The maximum absolute atomic E-state index is 5.37. The number of methoxy groups -OCH3 is 1. The van der Waals surface area contributed by atoms with Crippen molar-refractivity contribution in [1.29, 1.82) is 0 Å². The lowest BCUT2D eigenvalue weighted by Gasteiger charge is -2.05. The Morgan fingerprint density at radius 1 is 1.14 bits per heavy atom. The summed E-state index contributed by atoms with van der Waals surface area (Å²) in [6.07, 6.45) is 0. The smallest absolute Gasteiger partial charge is 0.235 e. The van der Waals surface area contributed by atoms with Crippen molar-refractivity contribution in [1.82, 2.24) is 24.8 Å². The van der Waals surface area contributed by atoms with Crippen molar-refractivity contribution in [2.24, 2.45) is 0 Å². The van der Waals surface area contributed by atoms with Gasteiger partial charge in [0.05, 0.1) is 7.11 Å². The highest BCUT2D eigenvalue weighted by molar-refractivity contribution is 7.19. The molecule has 0 bridgehead atoms. The van der Waals surface area contributed by atoms with Crippen LogP contribution in [-0.4, -0.2) is 31.9 Å². The van der Waals surface area contributed by atoms with E-state index < -0.39 is 0 Å². The first-order valence-electron chi connectivity index (χ1n) is 6.39. The number of aryl methyl sites for hydroxylation is 1. The maximum atomic E-state index is 5.37. The molecule has 7 heteroatoms. The number of hydrogen-bond donors (Lipinski definition) is 0. The van der Waals surface area contributed by atoms with Crippen LogP contribution in [0.1, 0.15) is 5.82 Å². The molecule has 0 aliphatic rings. The number of pyridine rings is 1. The summed E-state index contributed by atoms with van der Waals surface area (Å²) >= 11 is 1.47. The molecule has 0 unspecified atom stereocenters. The van der Waals surface area contributed by atoms with E-state index in [0.29, 0.717) is 0 Å². The van der Waals surface area contributed by atoms with E-state index in [-0.39, 0.29) is 0 Å². The molecule has 0 saturated carbocycles. The monoisotopic (exact) mass is 297 g/mol. The van der Waals surface area contributed by atoms with E-state index in [2.05, 4.69) is 20.3 Å². The molecule has 4 aromatic rings. The third-order valence-corrected chi connectivity index (χ3v) is 4.19. The summed E-state index contributed by atoms with van der Waals surface area (Å²) < 4.78 is 7.10. The van der Waals surface area contributed by atoms with Crippen LogP contribution in [0.25, 0.3) is 26.6 Å². The first-order chi connectivity index (χ1) is 10.3. The van der Waals surface area contributed by atoms with Crippen molar-refractivity contribution in [3.63, 3.8) is 0 Å². The number of ether oxygens (including phenoxy) is 1. The molecule has 104 valence electrons. The number of fused-ring (bicyclic) bond motifs is 2. The van der Waals surface area contributed by atoms with Crippen LogP contribution in [0.5, 0.6) is 5.75 Å². The van der Waals surface area contributed by atoms with Gasteiger partial charge in [-0.1, -0.05) is 29.5 Å². The fraction of sp³-hybridized carbons (Fsp3) is 0.143. The fourth-order valence-corrected chi connectivity index (χ4v) is 3.08. The summed E-state index contributed by atoms with van der Waals surface area (Å²) in [6.45, 7) is 1.88. The van der Waals surface area contributed by atoms with Crippen molar-refractivity contribution < 1.29 is 4.74 Å². The molecule has 21 heavy (non-hydrogen) atoms. The van der Waals surface area contributed by atoms with Crippen LogP contribution in [0.3, 0.4) is 0 Å². The van der Waals surface area contributed by atoms with E-state index in [4.69, 9.17) is 4.74 Å². The molecule has 0 amide bonds. The minimum atomic E-state index is 0.758. The Labute approximate surface area is 124 Å². The number of benzene rings is 1. The standard InChI is InChI=1S/C14H11N5OS/c1-8-16-17-14-19(8)18-13(21-14)10-7-6-9-4-3-5-11(20-2)12(9)15-10/h3-7H,1-2H3. The molecule has 0 spiro atoms. The number of hydrogen-bond acceptors (Lipinski definition) is 6. The Morgan fingerprint density at radius 3 is 2.86 bits per heavy atom. The molecule has 3 heterocycles. The molecule has 0 fully saturated rings. The largest absolute Gasteiger partial charge is 0.494 e. The second-order valence-electron chi connectivity index (χ2n) is 4.58. The Hall–Kier alpha value is -2.54.